The minimum absolute atomic E-state index is 0.0698. The third-order valence-corrected chi connectivity index (χ3v) is 6.12. The monoisotopic (exact) mass is 481 g/mol. The molecule has 1 aliphatic rings. The van der Waals surface area contributed by atoms with Gasteiger partial charge in [0.05, 0.1) is 21.2 Å². The molecule has 5 rings (SSSR count). The summed E-state index contributed by atoms with van der Waals surface area (Å²) in [5, 5.41) is 2.66. The molecule has 0 saturated heterocycles. The maximum Gasteiger partial charge on any atom is 0.336 e. The summed E-state index contributed by atoms with van der Waals surface area (Å²) < 4.78 is 10.6. The summed E-state index contributed by atoms with van der Waals surface area (Å²) in [5.41, 5.74) is 0.368. The number of rotatable bonds is 4. The van der Waals surface area contributed by atoms with Crippen LogP contribution in [0.3, 0.4) is 0 Å². The summed E-state index contributed by atoms with van der Waals surface area (Å²) in [7, 11) is 0. The predicted octanol–water partition coefficient (Wildman–Crippen LogP) is 4.59. The fourth-order valence-corrected chi connectivity index (χ4v) is 4.22. The fourth-order valence-electron chi connectivity index (χ4n) is 3.89. The molecule has 1 aliphatic heterocycles. The van der Waals surface area contributed by atoms with Gasteiger partial charge in [-0.3, -0.25) is 19.3 Å². The van der Waals surface area contributed by atoms with Gasteiger partial charge in [-0.05, 0) is 29.0 Å². The number of esters is 1. The number of ether oxygens (including phenoxy) is 1. The summed E-state index contributed by atoms with van der Waals surface area (Å²) in [6.45, 7) is -0.836. The Bertz CT molecular complexity index is 1520. The highest BCUT2D eigenvalue weighted by atomic mass is 35.5. The van der Waals surface area contributed by atoms with Gasteiger partial charge in [0, 0.05) is 17.0 Å². The van der Waals surface area contributed by atoms with Gasteiger partial charge < -0.3 is 9.15 Å². The van der Waals surface area contributed by atoms with Gasteiger partial charge in [0.2, 0.25) is 0 Å². The zero-order valence-electron chi connectivity index (χ0n) is 16.8. The minimum Gasteiger partial charge on any atom is -0.459 e. The van der Waals surface area contributed by atoms with Gasteiger partial charge in [-0.25, -0.2) is 4.79 Å². The van der Waals surface area contributed by atoms with Crippen LogP contribution in [0.4, 0.5) is 0 Å². The first-order valence-corrected chi connectivity index (χ1v) is 10.5. The van der Waals surface area contributed by atoms with E-state index in [1.54, 1.807) is 6.07 Å². The van der Waals surface area contributed by atoms with Crippen molar-refractivity contribution in [3.05, 3.63) is 91.8 Å². The highest BCUT2D eigenvalue weighted by Gasteiger charge is 2.37. The van der Waals surface area contributed by atoms with E-state index < -0.39 is 30.0 Å². The number of carbonyl (C=O) groups is 3. The van der Waals surface area contributed by atoms with E-state index in [0.29, 0.717) is 16.5 Å². The van der Waals surface area contributed by atoms with Crippen molar-refractivity contribution >= 4 is 62.7 Å². The van der Waals surface area contributed by atoms with Gasteiger partial charge in [-0.1, -0.05) is 53.5 Å². The molecule has 1 aromatic heterocycles. The van der Waals surface area contributed by atoms with E-state index in [9.17, 15) is 19.2 Å². The van der Waals surface area contributed by atoms with Crippen molar-refractivity contribution in [2.75, 3.05) is 6.54 Å². The SMILES string of the molecule is O=C(CN1C(=O)c2cc(Cl)c(Cl)cc2C1=O)OCc1cc(=O)oc2ccc3ccccc3c12. The molecule has 3 aromatic carbocycles. The first kappa shape index (κ1) is 21.2. The maximum atomic E-state index is 12.6. The first-order chi connectivity index (χ1) is 15.8. The second kappa shape index (κ2) is 8.03. The molecule has 2 amide bonds. The van der Waals surface area contributed by atoms with Crippen LogP contribution in [0.25, 0.3) is 21.7 Å². The molecule has 0 aliphatic carbocycles. The molecule has 0 atom stereocenters. The Morgan fingerprint density at radius 3 is 2.27 bits per heavy atom. The molecule has 0 bridgehead atoms. The second-order valence-electron chi connectivity index (χ2n) is 7.42. The summed E-state index contributed by atoms with van der Waals surface area (Å²) >= 11 is 11.9. The fraction of sp³-hybridized carbons (Fsp3) is 0.0833. The lowest BCUT2D eigenvalue weighted by atomic mass is 10.0. The molecule has 33 heavy (non-hydrogen) atoms. The number of hydrogen-bond donors (Lipinski definition) is 0. The molecule has 0 fully saturated rings. The topological polar surface area (TPSA) is 93.9 Å². The normalized spacial score (nSPS) is 13.1. The smallest absolute Gasteiger partial charge is 0.336 e. The van der Waals surface area contributed by atoms with E-state index in [-0.39, 0.29) is 27.8 Å². The van der Waals surface area contributed by atoms with Gasteiger partial charge in [-0.15, -0.1) is 0 Å². The van der Waals surface area contributed by atoms with Gasteiger partial charge in [0.15, 0.2) is 0 Å². The van der Waals surface area contributed by atoms with Crippen LogP contribution in [0.5, 0.6) is 0 Å². The first-order valence-electron chi connectivity index (χ1n) is 9.79. The number of amides is 2. The average molecular weight is 482 g/mol. The van der Waals surface area contributed by atoms with E-state index >= 15 is 0 Å². The maximum absolute atomic E-state index is 12.6. The van der Waals surface area contributed by atoms with E-state index in [0.717, 1.165) is 15.7 Å². The van der Waals surface area contributed by atoms with Crippen LogP contribution < -0.4 is 5.63 Å². The van der Waals surface area contributed by atoms with Crippen molar-refractivity contribution in [1.29, 1.82) is 0 Å². The number of benzene rings is 3. The molecule has 164 valence electrons. The molecule has 0 saturated carbocycles. The number of imide groups is 1. The van der Waals surface area contributed by atoms with Crippen molar-refractivity contribution < 1.29 is 23.5 Å². The highest BCUT2D eigenvalue weighted by molar-refractivity contribution is 6.43. The standard InChI is InChI=1S/C24H13Cl2NO6/c25-17-8-15-16(9-18(17)26)24(31)27(23(15)30)10-21(29)32-11-13-7-20(28)33-19-6-5-12-3-1-2-4-14(12)22(13)19/h1-9H,10-11H2. The van der Waals surface area contributed by atoms with E-state index in [1.165, 1.54) is 18.2 Å². The van der Waals surface area contributed by atoms with Gasteiger partial charge in [0.1, 0.15) is 18.7 Å². The van der Waals surface area contributed by atoms with Gasteiger partial charge in [-0.2, -0.15) is 0 Å². The zero-order valence-corrected chi connectivity index (χ0v) is 18.3. The number of carbonyl (C=O) groups excluding carboxylic acids is 3. The van der Waals surface area contributed by atoms with Crippen molar-refractivity contribution in [3.8, 4) is 0 Å². The molecule has 0 N–H and O–H groups in total. The Labute approximate surface area is 196 Å². The van der Waals surface area contributed by atoms with Crippen molar-refractivity contribution in [2.24, 2.45) is 0 Å². The van der Waals surface area contributed by atoms with Crippen LogP contribution in [-0.2, 0) is 16.1 Å². The van der Waals surface area contributed by atoms with Crippen molar-refractivity contribution in [2.45, 2.75) is 6.61 Å². The van der Waals surface area contributed by atoms with Crippen LogP contribution >= 0.6 is 23.2 Å². The summed E-state index contributed by atoms with van der Waals surface area (Å²) in [4.78, 5) is 50.5. The van der Waals surface area contributed by atoms with Crippen molar-refractivity contribution in [1.82, 2.24) is 4.90 Å². The van der Waals surface area contributed by atoms with Crippen LogP contribution in [0, 0.1) is 0 Å². The van der Waals surface area contributed by atoms with E-state index in [4.69, 9.17) is 32.4 Å². The van der Waals surface area contributed by atoms with E-state index in [1.807, 2.05) is 30.3 Å². The Hall–Kier alpha value is -3.68. The molecule has 0 radical (unpaired) electrons. The number of nitrogens with zero attached hydrogens (tertiary/aromatic N) is 1. The van der Waals surface area contributed by atoms with Crippen LogP contribution in [0.2, 0.25) is 10.0 Å². The number of fused-ring (bicyclic) bond motifs is 4. The molecule has 0 spiro atoms. The van der Waals surface area contributed by atoms with E-state index in [2.05, 4.69) is 0 Å². The lowest BCUT2D eigenvalue weighted by molar-refractivity contribution is -0.145. The molecule has 9 heteroatoms. The predicted molar refractivity (Wildman–Crippen MR) is 122 cm³/mol. The quantitative estimate of drug-likeness (QED) is 0.183. The molecular formula is C24H13Cl2NO6. The Morgan fingerprint density at radius 2 is 1.58 bits per heavy atom. The van der Waals surface area contributed by atoms with Crippen molar-refractivity contribution in [3.63, 3.8) is 0 Å². The summed E-state index contributed by atoms with van der Waals surface area (Å²) in [5.74, 6) is -2.15. The molecular weight excluding hydrogens is 469 g/mol. The zero-order chi connectivity index (χ0) is 23.3. The Morgan fingerprint density at radius 1 is 0.909 bits per heavy atom. The van der Waals surface area contributed by atoms with Gasteiger partial charge in [0.25, 0.3) is 11.8 Å². The number of halogens is 2. The number of hydrogen-bond acceptors (Lipinski definition) is 6. The van der Waals surface area contributed by atoms with Crippen LogP contribution in [0.15, 0.2) is 63.8 Å². The van der Waals surface area contributed by atoms with Crippen LogP contribution in [0.1, 0.15) is 26.3 Å². The van der Waals surface area contributed by atoms with Crippen LogP contribution in [-0.4, -0.2) is 29.2 Å². The molecule has 0 unspecified atom stereocenters. The Balaban J connectivity index is 1.39. The largest absolute Gasteiger partial charge is 0.459 e. The third-order valence-electron chi connectivity index (χ3n) is 5.40. The molecule has 2 heterocycles. The average Bonchev–Trinajstić information content (AvgIpc) is 3.01. The molecule has 4 aromatic rings. The second-order valence-corrected chi connectivity index (χ2v) is 8.23. The van der Waals surface area contributed by atoms with Gasteiger partial charge >= 0.3 is 11.6 Å². The third kappa shape index (κ3) is 3.65. The lowest BCUT2D eigenvalue weighted by Gasteiger charge is -2.14. The minimum atomic E-state index is -0.816. The Kier molecular flexibility index (Phi) is 5.15. The highest BCUT2D eigenvalue weighted by Crippen LogP contribution is 2.32. The summed E-state index contributed by atoms with van der Waals surface area (Å²) in [6, 6.07) is 14.9. The molecule has 7 nitrogen and oxygen atoms in total. The summed E-state index contributed by atoms with van der Waals surface area (Å²) in [6.07, 6.45) is 0. The lowest BCUT2D eigenvalue weighted by Crippen LogP contribution is -2.35.